The van der Waals surface area contributed by atoms with E-state index in [1.807, 2.05) is 0 Å². The van der Waals surface area contributed by atoms with Gasteiger partial charge in [-0.05, 0) is 31.7 Å². The summed E-state index contributed by atoms with van der Waals surface area (Å²) in [6.45, 7) is 4.66. The second kappa shape index (κ2) is 9.23. The predicted molar refractivity (Wildman–Crippen MR) is 93.8 cm³/mol. The van der Waals surface area contributed by atoms with Crippen LogP contribution in [0.1, 0.15) is 50.4 Å². The molecule has 1 aromatic heterocycles. The third-order valence-corrected chi connectivity index (χ3v) is 4.61. The minimum Gasteiger partial charge on any atom is -0.356 e. The summed E-state index contributed by atoms with van der Waals surface area (Å²) in [6.07, 6.45) is -0.847. The fourth-order valence-corrected chi connectivity index (χ4v) is 3.16. The monoisotopic (exact) mass is 388 g/mol. The summed E-state index contributed by atoms with van der Waals surface area (Å²) in [4.78, 5) is 25.6. The molecule has 1 fully saturated rings. The number of hydrogen-bond donors (Lipinski definition) is 1. The van der Waals surface area contributed by atoms with Crippen molar-refractivity contribution in [2.75, 3.05) is 19.6 Å². The number of amides is 2. The Labute approximate surface area is 157 Å². The molecule has 1 saturated heterocycles. The van der Waals surface area contributed by atoms with E-state index in [2.05, 4.69) is 10.4 Å². The van der Waals surface area contributed by atoms with Crippen molar-refractivity contribution < 1.29 is 22.8 Å². The first-order chi connectivity index (χ1) is 12.7. The Kier molecular flexibility index (Phi) is 7.26. The summed E-state index contributed by atoms with van der Waals surface area (Å²) >= 11 is 0. The summed E-state index contributed by atoms with van der Waals surface area (Å²) in [5.74, 6) is -0.330. The molecule has 1 N–H and O–H groups in total. The molecule has 0 bridgehead atoms. The standard InChI is InChI=1S/C18H27F3N4O2/c1-13(12-25-15(18(19,20)21)10-14(2)23-25)11-22-16(26)7-9-24-8-5-3-4-6-17(24)27/h10,13H,3-9,11-12H2,1-2H3,(H,22,26). The molecule has 1 aliphatic heterocycles. The highest BCUT2D eigenvalue weighted by Gasteiger charge is 2.35. The third-order valence-electron chi connectivity index (χ3n) is 4.61. The van der Waals surface area contributed by atoms with Crippen molar-refractivity contribution in [2.45, 2.75) is 58.7 Å². The van der Waals surface area contributed by atoms with Gasteiger partial charge in [0.1, 0.15) is 5.69 Å². The molecule has 2 heterocycles. The van der Waals surface area contributed by atoms with Crippen LogP contribution in [-0.2, 0) is 22.3 Å². The van der Waals surface area contributed by atoms with Crippen molar-refractivity contribution in [3.63, 3.8) is 0 Å². The quantitative estimate of drug-likeness (QED) is 0.781. The van der Waals surface area contributed by atoms with Crippen LogP contribution in [0.25, 0.3) is 0 Å². The van der Waals surface area contributed by atoms with E-state index in [0.29, 0.717) is 25.2 Å². The van der Waals surface area contributed by atoms with Crippen LogP contribution in [0.2, 0.25) is 0 Å². The van der Waals surface area contributed by atoms with E-state index < -0.39 is 11.9 Å². The van der Waals surface area contributed by atoms with Crippen LogP contribution < -0.4 is 5.32 Å². The second-order valence-corrected chi connectivity index (χ2v) is 7.20. The van der Waals surface area contributed by atoms with Crippen LogP contribution in [0.4, 0.5) is 13.2 Å². The lowest BCUT2D eigenvalue weighted by Crippen LogP contribution is -2.36. The van der Waals surface area contributed by atoms with Crippen LogP contribution in [0.3, 0.4) is 0 Å². The molecule has 9 heteroatoms. The summed E-state index contributed by atoms with van der Waals surface area (Å²) in [5, 5.41) is 6.64. The van der Waals surface area contributed by atoms with Gasteiger partial charge in [-0.3, -0.25) is 14.3 Å². The maximum atomic E-state index is 13.0. The van der Waals surface area contributed by atoms with E-state index in [1.165, 1.54) is 6.92 Å². The molecule has 1 unspecified atom stereocenters. The molecule has 6 nitrogen and oxygen atoms in total. The molecule has 1 aromatic rings. The number of carbonyl (C=O) groups is 2. The van der Waals surface area contributed by atoms with Crippen molar-refractivity contribution in [3.05, 3.63) is 17.5 Å². The van der Waals surface area contributed by atoms with Gasteiger partial charge in [0.15, 0.2) is 0 Å². The van der Waals surface area contributed by atoms with Crippen molar-refractivity contribution >= 4 is 11.8 Å². The van der Waals surface area contributed by atoms with Gasteiger partial charge in [0, 0.05) is 39.0 Å². The molecule has 2 amide bonds. The van der Waals surface area contributed by atoms with Gasteiger partial charge in [0.25, 0.3) is 0 Å². The average Bonchev–Trinajstić information content (AvgIpc) is 2.82. The van der Waals surface area contributed by atoms with E-state index in [9.17, 15) is 22.8 Å². The maximum Gasteiger partial charge on any atom is 0.433 e. The molecule has 152 valence electrons. The first kappa shape index (κ1) is 21.2. The molecular weight excluding hydrogens is 361 g/mol. The highest BCUT2D eigenvalue weighted by molar-refractivity contribution is 5.79. The zero-order valence-electron chi connectivity index (χ0n) is 15.8. The molecule has 0 saturated carbocycles. The van der Waals surface area contributed by atoms with E-state index in [0.717, 1.165) is 30.0 Å². The zero-order valence-corrected chi connectivity index (χ0v) is 15.8. The van der Waals surface area contributed by atoms with Gasteiger partial charge in [0.05, 0.1) is 5.69 Å². The Morgan fingerprint density at radius 2 is 2.07 bits per heavy atom. The Hall–Kier alpha value is -2.06. The van der Waals surface area contributed by atoms with Gasteiger partial charge in [-0.15, -0.1) is 0 Å². The largest absolute Gasteiger partial charge is 0.433 e. The molecule has 27 heavy (non-hydrogen) atoms. The van der Waals surface area contributed by atoms with E-state index in [4.69, 9.17) is 0 Å². The van der Waals surface area contributed by atoms with Crippen molar-refractivity contribution in [1.82, 2.24) is 20.0 Å². The molecule has 0 aliphatic carbocycles. The summed E-state index contributed by atoms with van der Waals surface area (Å²) in [7, 11) is 0. The molecule has 2 rings (SSSR count). The summed E-state index contributed by atoms with van der Waals surface area (Å²) in [5.41, 5.74) is -0.474. The number of nitrogens with one attached hydrogen (secondary N) is 1. The van der Waals surface area contributed by atoms with Gasteiger partial charge in [-0.1, -0.05) is 13.3 Å². The molecular formula is C18H27F3N4O2. The Morgan fingerprint density at radius 3 is 2.78 bits per heavy atom. The van der Waals surface area contributed by atoms with E-state index >= 15 is 0 Å². The SMILES string of the molecule is Cc1cc(C(F)(F)F)n(CC(C)CNC(=O)CCN2CCCCCC2=O)n1. The Bertz CT molecular complexity index is 658. The number of nitrogens with zero attached hydrogens (tertiary/aromatic N) is 3. The minimum absolute atomic E-state index is 0.0631. The number of likely N-dealkylation sites (tertiary alicyclic amines) is 1. The molecule has 1 atom stereocenters. The smallest absolute Gasteiger partial charge is 0.356 e. The van der Waals surface area contributed by atoms with Gasteiger partial charge in [-0.25, -0.2) is 0 Å². The van der Waals surface area contributed by atoms with Crippen LogP contribution in [0, 0.1) is 12.8 Å². The van der Waals surface area contributed by atoms with Gasteiger partial charge < -0.3 is 10.2 Å². The van der Waals surface area contributed by atoms with Crippen LogP contribution in [-0.4, -0.2) is 46.1 Å². The zero-order chi connectivity index (χ0) is 20.0. The molecule has 1 aliphatic rings. The lowest BCUT2D eigenvalue weighted by molar-refractivity contribution is -0.144. The average molecular weight is 388 g/mol. The number of aromatic nitrogens is 2. The summed E-state index contributed by atoms with van der Waals surface area (Å²) < 4.78 is 39.9. The first-order valence-corrected chi connectivity index (χ1v) is 9.33. The first-order valence-electron chi connectivity index (χ1n) is 9.33. The fourth-order valence-electron chi connectivity index (χ4n) is 3.16. The normalized spacial score (nSPS) is 16.9. The number of hydrogen-bond acceptors (Lipinski definition) is 3. The number of carbonyl (C=O) groups excluding carboxylic acids is 2. The van der Waals surface area contributed by atoms with Crippen LogP contribution >= 0.6 is 0 Å². The van der Waals surface area contributed by atoms with Gasteiger partial charge >= 0.3 is 6.18 Å². The van der Waals surface area contributed by atoms with E-state index in [1.54, 1.807) is 11.8 Å². The molecule has 0 spiro atoms. The lowest BCUT2D eigenvalue weighted by Gasteiger charge is -2.20. The van der Waals surface area contributed by atoms with Gasteiger partial charge in [0.2, 0.25) is 11.8 Å². The highest BCUT2D eigenvalue weighted by Crippen LogP contribution is 2.30. The Morgan fingerprint density at radius 1 is 1.33 bits per heavy atom. The predicted octanol–water partition coefficient (Wildman–Crippen LogP) is 2.76. The second-order valence-electron chi connectivity index (χ2n) is 7.20. The molecule has 0 radical (unpaired) electrons. The van der Waals surface area contributed by atoms with Crippen LogP contribution in [0.15, 0.2) is 6.07 Å². The summed E-state index contributed by atoms with van der Waals surface area (Å²) in [6, 6.07) is 1.02. The number of halogens is 3. The van der Waals surface area contributed by atoms with Gasteiger partial charge in [-0.2, -0.15) is 18.3 Å². The Balaban J connectivity index is 1.77. The van der Waals surface area contributed by atoms with E-state index in [-0.39, 0.29) is 37.2 Å². The fraction of sp³-hybridized carbons (Fsp3) is 0.722. The number of aryl methyl sites for hydroxylation is 1. The molecule has 0 aromatic carbocycles. The van der Waals surface area contributed by atoms with Crippen molar-refractivity contribution in [1.29, 1.82) is 0 Å². The highest BCUT2D eigenvalue weighted by atomic mass is 19.4. The van der Waals surface area contributed by atoms with Crippen molar-refractivity contribution in [2.24, 2.45) is 5.92 Å². The number of rotatable bonds is 7. The maximum absolute atomic E-state index is 13.0. The third kappa shape index (κ3) is 6.55. The van der Waals surface area contributed by atoms with Crippen LogP contribution in [0.5, 0.6) is 0 Å². The van der Waals surface area contributed by atoms with Crippen molar-refractivity contribution in [3.8, 4) is 0 Å². The number of alkyl halides is 3. The minimum atomic E-state index is -4.45. The topological polar surface area (TPSA) is 67.2 Å². The lowest BCUT2D eigenvalue weighted by atomic mass is 10.1.